The molecule has 0 saturated heterocycles. The molecule has 0 spiro atoms. The van der Waals surface area contributed by atoms with E-state index in [4.69, 9.17) is 0 Å². The van der Waals surface area contributed by atoms with Crippen molar-refractivity contribution in [2.24, 2.45) is 0 Å². The third-order valence-electron chi connectivity index (χ3n) is 3.23. The van der Waals surface area contributed by atoms with Crippen molar-refractivity contribution in [3.63, 3.8) is 0 Å². The van der Waals surface area contributed by atoms with Gasteiger partial charge in [-0.05, 0) is 37.1 Å². The van der Waals surface area contributed by atoms with Gasteiger partial charge in [0.15, 0.2) is 0 Å². The van der Waals surface area contributed by atoms with Gasteiger partial charge in [0, 0.05) is 6.20 Å². The van der Waals surface area contributed by atoms with Crippen molar-refractivity contribution in [2.75, 3.05) is 0 Å². The van der Waals surface area contributed by atoms with Crippen LogP contribution in [0.3, 0.4) is 0 Å². The minimum absolute atomic E-state index is 0.932. The van der Waals surface area contributed by atoms with E-state index in [0.717, 1.165) is 22.3 Å². The van der Waals surface area contributed by atoms with Crippen LogP contribution in [0.15, 0.2) is 48.7 Å². The highest BCUT2D eigenvalue weighted by molar-refractivity contribution is 5.80. The monoisotopic (exact) mass is 260 g/mol. The SMILES string of the molecule is Cc1ccc(/C=C/c2ccc3nc(C)cnc3c2)cc1. The van der Waals surface area contributed by atoms with Gasteiger partial charge in [-0.1, -0.05) is 48.0 Å². The van der Waals surface area contributed by atoms with E-state index in [2.05, 4.69) is 65.4 Å². The van der Waals surface area contributed by atoms with E-state index in [1.807, 2.05) is 13.0 Å². The Morgan fingerprint density at radius 3 is 2.30 bits per heavy atom. The minimum Gasteiger partial charge on any atom is -0.253 e. The first-order valence-corrected chi connectivity index (χ1v) is 6.69. The molecule has 2 nitrogen and oxygen atoms in total. The fourth-order valence-electron chi connectivity index (χ4n) is 2.09. The largest absolute Gasteiger partial charge is 0.253 e. The van der Waals surface area contributed by atoms with Crippen molar-refractivity contribution in [1.29, 1.82) is 0 Å². The molecule has 3 rings (SSSR count). The zero-order valence-electron chi connectivity index (χ0n) is 11.7. The van der Waals surface area contributed by atoms with E-state index in [0.29, 0.717) is 0 Å². The highest BCUT2D eigenvalue weighted by Crippen LogP contribution is 2.15. The summed E-state index contributed by atoms with van der Waals surface area (Å²) in [6, 6.07) is 14.6. The van der Waals surface area contributed by atoms with Gasteiger partial charge < -0.3 is 0 Å². The number of benzene rings is 2. The average molecular weight is 260 g/mol. The lowest BCUT2D eigenvalue weighted by molar-refractivity contribution is 1.18. The number of rotatable bonds is 2. The molecule has 0 aliphatic heterocycles. The molecule has 0 amide bonds. The summed E-state index contributed by atoms with van der Waals surface area (Å²) in [5.74, 6) is 0. The van der Waals surface area contributed by atoms with E-state index < -0.39 is 0 Å². The van der Waals surface area contributed by atoms with Gasteiger partial charge in [0.25, 0.3) is 0 Å². The second kappa shape index (κ2) is 5.25. The summed E-state index contributed by atoms with van der Waals surface area (Å²) in [6.45, 7) is 4.05. The molecule has 1 heterocycles. The fraction of sp³-hybridized carbons (Fsp3) is 0.111. The summed E-state index contributed by atoms with van der Waals surface area (Å²) in [4.78, 5) is 8.87. The molecule has 0 atom stereocenters. The Hall–Kier alpha value is -2.48. The van der Waals surface area contributed by atoms with E-state index in [-0.39, 0.29) is 0 Å². The van der Waals surface area contributed by atoms with Crippen molar-refractivity contribution in [1.82, 2.24) is 9.97 Å². The quantitative estimate of drug-likeness (QED) is 0.637. The van der Waals surface area contributed by atoms with Gasteiger partial charge in [-0.2, -0.15) is 0 Å². The molecule has 0 aliphatic rings. The Morgan fingerprint density at radius 2 is 1.50 bits per heavy atom. The Bertz CT molecular complexity index is 771. The van der Waals surface area contributed by atoms with Crippen LogP contribution in [0, 0.1) is 13.8 Å². The van der Waals surface area contributed by atoms with E-state index in [9.17, 15) is 0 Å². The van der Waals surface area contributed by atoms with Crippen molar-refractivity contribution >= 4 is 23.2 Å². The van der Waals surface area contributed by atoms with Crippen LogP contribution in [0.25, 0.3) is 23.2 Å². The zero-order valence-corrected chi connectivity index (χ0v) is 11.7. The molecule has 0 radical (unpaired) electrons. The smallest absolute Gasteiger partial charge is 0.0892 e. The predicted molar refractivity (Wildman–Crippen MR) is 84.4 cm³/mol. The van der Waals surface area contributed by atoms with Gasteiger partial charge in [-0.15, -0.1) is 0 Å². The normalized spacial score (nSPS) is 11.3. The maximum atomic E-state index is 4.46. The molecular weight excluding hydrogens is 244 g/mol. The van der Waals surface area contributed by atoms with Crippen molar-refractivity contribution in [3.05, 3.63) is 71.0 Å². The molecule has 0 bridgehead atoms. The number of hydrogen-bond acceptors (Lipinski definition) is 2. The molecule has 0 saturated carbocycles. The molecule has 1 aromatic heterocycles. The van der Waals surface area contributed by atoms with Crippen LogP contribution in [-0.4, -0.2) is 9.97 Å². The minimum atomic E-state index is 0.932. The first-order valence-electron chi connectivity index (χ1n) is 6.69. The van der Waals surface area contributed by atoms with Crippen LogP contribution in [0.1, 0.15) is 22.4 Å². The average Bonchev–Trinajstić information content (AvgIpc) is 2.46. The Balaban J connectivity index is 1.90. The topological polar surface area (TPSA) is 25.8 Å². The number of hydrogen-bond donors (Lipinski definition) is 0. The molecule has 20 heavy (non-hydrogen) atoms. The summed E-state index contributed by atoms with van der Waals surface area (Å²) >= 11 is 0. The first kappa shape index (κ1) is 12.5. The van der Waals surface area contributed by atoms with Crippen LogP contribution in [0.2, 0.25) is 0 Å². The summed E-state index contributed by atoms with van der Waals surface area (Å²) in [5.41, 5.74) is 6.43. The molecule has 0 N–H and O–H groups in total. The molecule has 2 aromatic carbocycles. The fourth-order valence-corrected chi connectivity index (χ4v) is 2.09. The molecule has 2 heteroatoms. The zero-order chi connectivity index (χ0) is 13.9. The van der Waals surface area contributed by atoms with E-state index >= 15 is 0 Å². The van der Waals surface area contributed by atoms with E-state index in [1.54, 1.807) is 6.20 Å². The van der Waals surface area contributed by atoms with Crippen molar-refractivity contribution in [2.45, 2.75) is 13.8 Å². The third kappa shape index (κ3) is 2.75. The van der Waals surface area contributed by atoms with E-state index in [1.165, 1.54) is 11.1 Å². The van der Waals surface area contributed by atoms with Gasteiger partial charge in [0.2, 0.25) is 0 Å². The van der Waals surface area contributed by atoms with Crippen molar-refractivity contribution < 1.29 is 0 Å². The number of aryl methyl sites for hydroxylation is 2. The highest BCUT2D eigenvalue weighted by atomic mass is 14.8. The maximum Gasteiger partial charge on any atom is 0.0892 e. The first-order chi connectivity index (χ1) is 9.70. The molecule has 0 unspecified atom stereocenters. The predicted octanol–water partition coefficient (Wildman–Crippen LogP) is 4.42. The molecule has 98 valence electrons. The maximum absolute atomic E-state index is 4.46. The standard InChI is InChI=1S/C18H16N2/c1-13-3-5-15(6-4-13)7-8-16-9-10-17-18(11-16)19-12-14(2)20-17/h3-12H,1-2H3/b8-7+. The van der Waals surface area contributed by atoms with Gasteiger partial charge in [-0.25, -0.2) is 4.98 Å². The summed E-state index contributed by atoms with van der Waals surface area (Å²) in [6.07, 6.45) is 6.02. The van der Waals surface area contributed by atoms with Crippen molar-refractivity contribution in [3.8, 4) is 0 Å². The summed E-state index contributed by atoms with van der Waals surface area (Å²) < 4.78 is 0. The van der Waals surface area contributed by atoms with Crippen LogP contribution in [0.5, 0.6) is 0 Å². The summed E-state index contributed by atoms with van der Waals surface area (Å²) in [7, 11) is 0. The third-order valence-corrected chi connectivity index (χ3v) is 3.23. The Morgan fingerprint density at radius 1 is 0.800 bits per heavy atom. The Labute approximate surface area is 118 Å². The lowest BCUT2D eigenvalue weighted by Crippen LogP contribution is -1.87. The van der Waals surface area contributed by atoms with Crippen LogP contribution < -0.4 is 0 Å². The number of aromatic nitrogens is 2. The molecule has 0 fully saturated rings. The van der Waals surface area contributed by atoms with Gasteiger partial charge in [0.1, 0.15) is 0 Å². The molecule has 0 aliphatic carbocycles. The van der Waals surface area contributed by atoms with Crippen LogP contribution in [0.4, 0.5) is 0 Å². The number of fused-ring (bicyclic) bond motifs is 1. The summed E-state index contributed by atoms with van der Waals surface area (Å²) in [5, 5.41) is 0. The highest BCUT2D eigenvalue weighted by Gasteiger charge is 1.97. The van der Waals surface area contributed by atoms with Gasteiger partial charge >= 0.3 is 0 Å². The van der Waals surface area contributed by atoms with Gasteiger partial charge in [0.05, 0.1) is 16.7 Å². The second-order valence-corrected chi connectivity index (χ2v) is 5.00. The number of nitrogens with zero attached hydrogens (tertiary/aromatic N) is 2. The second-order valence-electron chi connectivity index (χ2n) is 5.00. The molecular formula is C18H16N2. The van der Waals surface area contributed by atoms with Crippen LogP contribution in [-0.2, 0) is 0 Å². The Kier molecular flexibility index (Phi) is 3.30. The lowest BCUT2D eigenvalue weighted by atomic mass is 10.1. The van der Waals surface area contributed by atoms with Gasteiger partial charge in [-0.3, -0.25) is 4.98 Å². The van der Waals surface area contributed by atoms with Crippen LogP contribution >= 0.6 is 0 Å². The molecule has 3 aromatic rings. The lowest BCUT2D eigenvalue weighted by Gasteiger charge is -2.00.